The quantitative estimate of drug-likeness (QED) is 0.781. The van der Waals surface area contributed by atoms with Crippen molar-refractivity contribution in [1.82, 2.24) is 16.0 Å². The van der Waals surface area contributed by atoms with E-state index in [0.29, 0.717) is 6.54 Å². The Morgan fingerprint density at radius 1 is 1.24 bits per heavy atom. The van der Waals surface area contributed by atoms with Crippen molar-refractivity contribution < 1.29 is 14.3 Å². The van der Waals surface area contributed by atoms with Crippen LogP contribution in [0.15, 0.2) is 30.3 Å². The molecule has 25 heavy (non-hydrogen) atoms. The summed E-state index contributed by atoms with van der Waals surface area (Å²) in [5.41, 5.74) is 0.393. The van der Waals surface area contributed by atoms with Crippen LogP contribution >= 0.6 is 0 Å². The van der Waals surface area contributed by atoms with Crippen LogP contribution < -0.4 is 16.0 Å². The highest BCUT2D eigenvalue weighted by molar-refractivity contribution is 5.83. The van der Waals surface area contributed by atoms with Gasteiger partial charge in [-0.05, 0) is 32.3 Å². The number of rotatable bonds is 4. The lowest BCUT2D eigenvalue weighted by molar-refractivity contribution is -0.126. The van der Waals surface area contributed by atoms with Crippen molar-refractivity contribution in [2.75, 3.05) is 6.54 Å². The zero-order valence-corrected chi connectivity index (χ0v) is 15.6. The topological polar surface area (TPSA) is 79.5 Å². The van der Waals surface area contributed by atoms with E-state index in [9.17, 15) is 9.59 Å². The summed E-state index contributed by atoms with van der Waals surface area (Å²) in [5.74, 6) is 0.149. The monoisotopic (exact) mass is 347 g/mol. The first-order valence-corrected chi connectivity index (χ1v) is 8.75. The molecular formula is C19H29N3O3. The van der Waals surface area contributed by atoms with Crippen molar-refractivity contribution in [3.8, 4) is 0 Å². The van der Waals surface area contributed by atoms with Crippen LogP contribution in [0.1, 0.15) is 46.2 Å². The highest BCUT2D eigenvalue weighted by Gasteiger charge is 2.35. The molecule has 3 N–H and O–H groups in total. The van der Waals surface area contributed by atoms with Crippen molar-refractivity contribution in [2.45, 2.75) is 58.3 Å². The van der Waals surface area contributed by atoms with Crippen LogP contribution in [0.2, 0.25) is 0 Å². The SMILES string of the molecule is CC(C)[C@@H]1N[C@@H]([C@@H](NC(=O)OC(C)(C)C)c2ccccc2)CNC1=O. The third-order valence-corrected chi connectivity index (χ3v) is 4.07. The lowest BCUT2D eigenvalue weighted by Gasteiger charge is -2.38. The number of carbonyl (C=O) groups excluding carboxylic acids is 2. The highest BCUT2D eigenvalue weighted by Crippen LogP contribution is 2.21. The van der Waals surface area contributed by atoms with Crippen LogP contribution in [0.25, 0.3) is 0 Å². The van der Waals surface area contributed by atoms with Crippen LogP contribution in [0.3, 0.4) is 0 Å². The maximum atomic E-state index is 12.3. The molecule has 0 saturated carbocycles. The molecule has 138 valence electrons. The van der Waals surface area contributed by atoms with E-state index in [-0.39, 0.29) is 30.0 Å². The number of piperazine rings is 1. The van der Waals surface area contributed by atoms with Crippen molar-refractivity contribution >= 4 is 12.0 Å². The van der Waals surface area contributed by atoms with Crippen LogP contribution in [0, 0.1) is 5.92 Å². The molecule has 1 fully saturated rings. The van der Waals surface area contributed by atoms with Crippen LogP contribution in [-0.2, 0) is 9.53 Å². The van der Waals surface area contributed by atoms with Gasteiger partial charge in [0.2, 0.25) is 5.91 Å². The zero-order chi connectivity index (χ0) is 18.6. The van der Waals surface area contributed by atoms with Crippen molar-refractivity contribution in [3.05, 3.63) is 35.9 Å². The fraction of sp³-hybridized carbons (Fsp3) is 0.579. The van der Waals surface area contributed by atoms with Gasteiger partial charge in [-0.25, -0.2) is 4.79 Å². The van der Waals surface area contributed by atoms with Crippen LogP contribution in [-0.4, -0.2) is 36.2 Å². The Bertz CT molecular complexity index is 596. The average Bonchev–Trinajstić information content (AvgIpc) is 2.52. The zero-order valence-electron chi connectivity index (χ0n) is 15.6. The van der Waals surface area contributed by atoms with Crippen molar-refractivity contribution in [1.29, 1.82) is 0 Å². The number of benzene rings is 1. The van der Waals surface area contributed by atoms with E-state index < -0.39 is 11.7 Å². The minimum Gasteiger partial charge on any atom is -0.444 e. The Morgan fingerprint density at radius 2 is 1.88 bits per heavy atom. The second-order valence-corrected chi connectivity index (χ2v) is 7.77. The smallest absolute Gasteiger partial charge is 0.408 e. The van der Waals surface area contributed by atoms with Gasteiger partial charge in [-0.3, -0.25) is 10.1 Å². The number of ether oxygens (including phenoxy) is 1. The lowest BCUT2D eigenvalue weighted by Crippen LogP contribution is -2.63. The van der Waals surface area contributed by atoms with Gasteiger partial charge in [0.05, 0.1) is 12.1 Å². The molecule has 0 bridgehead atoms. The van der Waals surface area contributed by atoms with E-state index in [1.54, 1.807) is 0 Å². The number of alkyl carbamates (subject to hydrolysis) is 1. The minimum atomic E-state index is -0.569. The van der Waals surface area contributed by atoms with Crippen LogP contribution in [0.5, 0.6) is 0 Å². The maximum Gasteiger partial charge on any atom is 0.408 e. The average molecular weight is 347 g/mol. The van der Waals surface area contributed by atoms with E-state index in [1.165, 1.54) is 0 Å². The molecule has 2 rings (SSSR count). The molecule has 6 nitrogen and oxygen atoms in total. The summed E-state index contributed by atoms with van der Waals surface area (Å²) < 4.78 is 5.41. The Hall–Kier alpha value is -2.08. The molecule has 6 heteroatoms. The fourth-order valence-electron chi connectivity index (χ4n) is 2.91. The number of carbonyl (C=O) groups is 2. The summed E-state index contributed by atoms with van der Waals surface area (Å²) in [6, 6.07) is 9.00. The van der Waals surface area contributed by atoms with Gasteiger partial charge in [-0.1, -0.05) is 44.2 Å². The predicted octanol–water partition coefficient (Wildman–Crippen LogP) is 2.36. The van der Waals surface area contributed by atoms with E-state index in [0.717, 1.165) is 5.56 Å². The predicted molar refractivity (Wildman–Crippen MR) is 97.1 cm³/mol. The highest BCUT2D eigenvalue weighted by atomic mass is 16.6. The number of hydrogen-bond donors (Lipinski definition) is 3. The number of nitrogens with one attached hydrogen (secondary N) is 3. The van der Waals surface area contributed by atoms with Crippen molar-refractivity contribution in [2.24, 2.45) is 5.92 Å². The molecule has 1 aliphatic rings. The molecule has 0 unspecified atom stereocenters. The molecule has 1 aromatic carbocycles. The van der Waals surface area contributed by atoms with Gasteiger partial charge >= 0.3 is 6.09 Å². The first-order chi connectivity index (χ1) is 11.7. The Labute approximate surface area is 149 Å². The minimum absolute atomic E-state index is 0.00432. The van der Waals surface area contributed by atoms with Gasteiger partial charge < -0.3 is 15.4 Å². The van der Waals surface area contributed by atoms with Gasteiger partial charge in [-0.15, -0.1) is 0 Å². The first-order valence-electron chi connectivity index (χ1n) is 8.75. The summed E-state index contributed by atoms with van der Waals surface area (Å²) in [6.45, 7) is 9.93. The third kappa shape index (κ3) is 5.46. The van der Waals surface area contributed by atoms with E-state index in [4.69, 9.17) is 4.74 Å². The fourth-order valence-corrected chi connectivity index (χ4v) is 2.91. The Morgan fingerprint density at radius 3 is 2.44 bits per heavy atom. The molecule has 0 radical (unpaired) electrons. The van der Waals surface area contributed by atoms with Gasteiger partial charge in [0.25, 0.3) is 0 Å². The molecular weight excluding hydrogens is 318 g/mol. The van der Waals surface area contributed by atoms with Gasteiger partial charge in [-0.2, -0.15) is 0 Å². The van der Waals surface area contributed by atoms with Gasteiger partial charge in [0.15, 0.2) is 0 Å². The molecule has 1 aromatic rings. The normalized spacial score (nSPS) is 22.2. The third-order valence-electron chi connectivity index (χ3n) is 4.07. The van der Waals surface area contributed by atoms with E-state index in [2.05, 4.69) is 16.0 Å². The summed E-state index contributed by atoms with van der Waals surface area (Å²) in [7, 11) is 0. The standard InChI is InChI=1S/C19H29N3O3/c1-12(2)15-17(23)20-11-14(21-15)16(13-9-7-6-8-10-13)22-18(24)25-19(3,4)5/h6-10,12,14-16,21H,11H2,1-5H3,(H,20,23)(H,22,24)/t14-,15+,16+/m1/s1. The van der Waals surface area contributed by atoms with Gasteiger partial charge in [0.1, 0.15) is 5.60 Å². The summed E-state index contributed by atoms with van der Waals surface area (Å²) >= 11 is 0. The molecule has 1 heterocycles. The van der Waals surface area contributed by atoms with E-state index in [1.807, 2.05) is 65.0 Å². The molecule has 3 atom stereocenters. The number of hydrogen-bond acceptors (Lipinski definition) is 4. The van der Waals surface area contributed by atoms with Gasteiger partial charge in [0, 0.05) is 12.6 Å². The molecule has 0 aromatic heterocycles. The molecule has 0 aliphatic carbocycles. The second kappa shape index (κ2) is 7.87. The molecule has 1 saturated heterocycles. The van der Waals surface area contributed by atoms with E-state index >= 15 is 0 Å². The van der Waals surface area contributed by atoms with Crippen molar-refractivity contribution in [3.63, 3.8) is 0 Å². The first kappa shape index (κ1) is 19.2. The molecule has 2 amide bonds. The Balaban J connectivity index is 2.20. The number of amides is 2. The maximum absolute atomic E-state index is 12.3. The summed E-state index contributed by atoms with van der Waals surface area (Å²) in [4.78, 5) is 24.4. The second-order valence-electron chi connectivity index (χ2n) is 7.77. The Kier molecular flexibility index (Phi) is 6.06. The summed E-state index contributed by atoms with van der Waals surface area (Å²) in [6.07, 6.45) is -0.471. The lowest BCUT2D eigenvalue weighted by atomic mass is 9.93. The van der Waals surface area contributed by atoms with Crippen LogP contribution in [0.4, 0.5) is 4.79 Å². The summed E-state index contributed by atoms with van der Waals surface area (Å²) in [5, 5.41) is 9.29. The molecule has 1 aliphatic heterocycles. The largest absolute Gasteiger partial charge is 0.444 e. The molecule has 0 spiro atoms.